The number of hydrogen-bond donors (Lipinski definition) is 0. The van der Waals surface area contributed by atoms with Crippen LogP contribution in [-0.4, -0.2) is 0 Å². The van der Waals surface area contributed by atoms with Gasteiger partial charge < -0.3 is 4.70 Å². The Hall–Kier alpha value is 1.89. The molecule has 0 spiro atoms. The van der Waals surface area contributed by atoms with Gasteiger partial charge in [-0.3, -0.25) is 0 Å². The van der Waals surface area contributed by atoms with E-state index in [4.69, 9.17) is 3.83 Å². The van der Waals surface area contributed by atoms with Crippen LogP contribution in [0.2, 0.25) is 0 Å². The van der Waals surface area contributed by atoms with Gasteiger partial charge in [-0.25, -0.2) is 0 Å². The summed E-state index contributed by atoms with van der Waals surface area (Å²) in [4.78, 5) is 0. The molecule has 1 nitrogen and oxygen atoms in total. The second-order valence-electron chi connectivity index (χ2n) is 0. The van der Waals surface area contributed by atoms with Crippen molar-refractivity contribution in [1.82, 2.24) is 0 Å². The predicted molar refractivity (Wildman–Crippen MR) is 0.686 cm³/mol. The van der Waals surface area contributed by atoms with Crippen LogP contribution in [0.15, 0.2) is 0 Å². The molecule has 0 N–H and O–H groups in total. The van der Waals surface area contributed by atoms with E-state index >= 15 is 0 Å². The zero-order valence-electron chi connectivity index (χ0n) is 2.14. The Balaban J connectivity index is -0.00000000500. The molecule has 0 heterocycles. The van der Waals surface area contributed by atoms with Gasteiger partial charge in [0, 0.05) is 0 Å². The van der Waals surface area contributed by atoms with E-state index in [0.29, 0.717) is 0 Å². The molecular weight excluding hydrogens is 130 g/mol. The minimum atomic E-state index is 0. The van der Waals surface area contributed by atoms with Crippen LogP contribution in [0.5, 0.6) is 0 Å². The van der Waals surface area contributed by atoms with Crippen molar-refractivity contribution in [1.29, 1.82) is 0 Å². The Labute approximate surface area is 74.3 Å². The van der Waals surface area contributed by atoms with E-state index in [0.717, 1.165) is 0 Å². The Morgan fingerprint density at radius 1 is 1.25 bits per heavy atom. The first-order valence-corrected chi connectivity index (χ1v) is 0.595. The van der Waals surface area contributed by atoms with Crippen molar-refractivity contribution < 1.29 is 75.9 Å². The van der Waals surface area contributed by atoms with Gasteiger partial charge in [0.15, 0.2) is 0 Å². The number of halogens is 1. The van der Waals surface area contributed by atoms with Crippen LogP contribution in [0.1, 0.15) is 0 Å². The molecule has 0 aromatic heterocycles. The third-order valence-corrected chi connectivity index (χ3v) is 0. The van der Waals surface area contributed by atoms with E-state index in [1.807, 2.05) is 15.9 Å². The third-order valence-electron chi connectivity index (χ3n) is 0. The summed E-state index contributed by atoms with van der Waals surface area (Å²) in [6, 6.07) is 0. The van der Waals surface area contributed by atoms with Gasteiger partial charge in [-0.15, -0.1) is 0 Å². The van der Waals surface area contributed by atoms with Gasteiger partial charge in [0.25, 0.3) is 0 Å². The zero-order valence-corrected chi connectivity index (χ0v) is 6.37. The summed E-state index contributed by atoms with van der Waals surface area (Å²) in [6.45, 7) is 0. The summed E-state index contributed by atoms with van der Waals surface area (Å²) in [6.07, 6.45) is 0. The second-order valence-corrected chi connectivity index (χ2v) is 0. The Morgan fingerprint density at radius 3 is 1.25 bits per heavy atom. The van der Waals surface area contributed by atoms with Crippen molar-refractivity contribution in [3.05, 3.63) is 0 Å². The average Bonchev–Trinajstić information content (AvgIpc) is 1.00. The van der Waals surface area contributed by atoms with E-state index in [1.165, 1.54) is 0 Å². The van der Waals surface area contributed by atoms with E-state index in [2.05, 4.69) is 0 Å². The van der Waals surface area contributed by atoms with E-state index < -0.39 is 0 Å². The normalized spacial score (nSPS) is 1.25. The first-order chi connectivity index (χ1) is 1.00. The molecule has 0 rings (SSSR count). The fourth-order valence-electron chi connectivity index (χ4n) is 0. The fourth-order valence-corrected chi connectivity index (χ4v) is 0. The van der Waals surface area contributed by atoms with E-state index in [1.54, 1.807) is 0 Å². The van der Waals surface area contributed by atoms with Crippen LogP contribution in [-0.2, 0) is 19.8 Å². The van der Waals surface area contributed by atoms with Crippen LogP contribution in [0, 0.1) is 0 Å². The molecule has 0 aliphatic carbocycles. The zero-order chi connectivity index (χ0) is 2.00. The molecule has 0 radical (unpaired) electrons. The molecule has 0 aromatic carbocycles. The molecule has 0 amide bonds. The van der Waals surface area contributed by atoms with Gasteiger partial charge in [-0.2, -0.15) is 0 Å². The van der Waals surface area contributed by atoms with Gasteiger partial charge in [0.2, 0.25) is 0 Å². The summed E-state index contributed by atoms with van der Waals surface area (Å²) in [5.74, 6) is 0. The van der Waals surface area contributed by atoms with Crippen molar-refractivity contribution in [2.75, 3.05) is 0 Å². The predicted octanol–water partition coefficient (Wildman–Crippen LogP) is -6.11. The van der Waals surface area contributed by atoms with Gasteiger partial charge in [0.1, 0.15) is 0 Å². The topological polar surface area (TPSA) is 17.1 Å². The van der Waals surface area contributed by atoms with Gasteiger partial charge in [-0.05, 0) is 0 Å². The molecule has 4 heteroatoms. The van der Waals surface area contributed by atoms with Crippen molar-refractivity contribution in [3.8, 4) is 0 Å². The van der Waals surface area contributed by atoms with Crippen LogP contribution in [0.4, 0.5) is 0 Å². The monoisotopic (exact) mass is 130 g/mol. The SMILES string of the molecule is [F-].[K+].[O]=[Fe]. The summed E-state index contributed by atoms with van der Waals surface area (Å²) in [7, 11) is 0. The molecule has 0 aliphatic rings. The standard InChI is InChI=1S/FH.Fe.K.O/h1H;;;/q;;+1;/p-1. The van der Waals surface area contributed by atoms with Crippen LogP contribution in [0.25, 0.3) is 0 Å². The Morgan fingerprint density at radius 2 is 1.25 bits per heavy atom. The first-order valence-electron chi connectivity index (χ1n) is 0.144. The Kier molecular flexibility index (Phi) is 87.5. The molecule has 22 valence electrons. The Bertz CT molecular complexity index is 8.00. The van der Waals surface area contributed by atoms with Gasteiger partial charge in [0.05, 0.1) is 0 Å². The first kappa shape index (κ1) is 16.9. The number of rotatable bonds is 0. The maximum atomic E-state index is 8.00. The van der Waals surface area contributed by atoms with Gasteiger partial charge >= 0.3 is 71.2 Å². The van der Waals surface area contributed by atoms with Crippen LogP contribution < -0.4 is 56.1 Å². The van der Waals surface area contributed by atoms with Crippen molar-refractivity contribution in [2.24, 2.45) is 0 Å². The average molecular weight is 130 g/mol. The van der Waals surface area contributed by atoms with Crippen molar-refractivity contribution >= 4 is 0 Å². The molecule has 0 unspecified atom stereocenters. The third kappa shape index (κ3) is 9.10. The maximum absolute atomic E-state index is 8.00. The molecule has 0 aromatic rings. The second kappa shape index (κ2) is 20.7. The molecule has 0 bridgehead atoms. The molecule has 0 fully saturated rings. The summed E-state index contributed by atoms with van der Waals surface area (Å²) in [5, 5.41) is 0. The van der Waals surface area contributed by atoms with Crippen LogP contribution in [0.3, 0.4) is 0 Å². The van der Waals surface area contributed by atoms with Crippen molar-refractivity contribution in [2.45, 2.75) is 0 Å². The molecule has 4 heavy (non-hydrogen) atoms. The van der Waals surface area contributed by atoms with Crippen LogP contribution >= 0.6 is 0 Å². The van der Waals surface area contributed by atoms with E-state index in [-0.39, 0.29) is 56.1 Å². The summed E-state index contributed by atoms with van der Waals surface area (Å²) in [5.41, 5.74) is 0. The molecular formula is FFeKO. The molecule has 0 atom stereocenters. The molecule has 0 aliphatic heterocycles. The van der Waals surface area contributed by atoms with Crippen molar-refractivity contribution in [3.63, 3.8) is 0 Å². The molecule has 0 saturated heterocycles. The quantitative estimate of drug-likeness (QED) is 0.298. The fraction of sp³-hybridized carbons (Fsp3) is 0. The summed E-state index contributed by atoms with van der Waals surface area (Å²) >= 11 is 2.00. The molecule has 0 saturated carbocycles. The van der Waals surface area contributed by atoms with E-state index in [9.17, 15) is 0 Å². The number of hydrogen-bond acceptors (Lipinski definition) is 1. The van der Waals surface area contributed by atoms with Gasteiger partial charge in [-0.1, -0.05) is 0 Å². The summed E-state index contributed by atoms with van der Waals surface area (Å²) < 4.78 is 8.00. The minimum absolute atomic E-state index is 0.